The second-order valence-corrected chi connectivity index (χ2v) is 5.55. The average molecular weight is 289 g/mol. The molecule has 1 saturated heterocycles. The van der Waals surface area contributed by atoms with Crippen LogP contribution < -0.4 is 5.73 Å². The summed E-state index contributed by atoms with van der Waals surface area (Å²) in [5, 5.41) is 1.34. The molecule has 0 radical (unpaired) electrons. The number of likely N-dealkylation sites (N-methyl/N-ethyl adjacent to an activating group) is 1. The lowest BCUT2D eigenvalue weighted by atomic mass is 10.0. The van der Waals surface area contributed by atoms with E-state index in [-0.39, 0.29) is 12.1 Å². The van der Waals surface area contributed by atoms with Crippen LogP contribution in [-0.2, 0) is 11.2 Å². The molecule has 0 saturated carbocycles. The fourth-order valence-electron chi connectivity index (χ4n) is 2.16. The lowest BCUT2D eigenvalue weighted by Crippen LogP contribution is -2.50. The van der Waals surface area contributed by atoms with Crippen LogP contribution in [0.15, 0.2) is 18.2 Å². The largest absolute Gasteiger partial charge is 0.374 e. The van der Waals surface area contributed by atoms with E-state index in [0.29, 0.717) is 16.5 Å². The molecule has 1 fully saturated rings. The molecule has 2 rings (SSSR count). The van der Waals surface area contributed by atoms with Gasteiger partial charge in [0.15, 0.2) is 0 Å². The van der Waals surface area contributed by atoms with Crippen LogP contribution in [0.25, 0.3) is 0 Å². The molecule has 3 nitrogen and oxygen atoms in total. The van der Waals surface area contributed by atoms with Gasteiger partial charge in [0.05, 0.1) is 12.7 Å². The summed E-state index contributed by atoms with van der Waals surface area (Å²) in [6, 6.07) is 5.42. The monoisotopic (exact) mass is 288 g/mol. The van der Waals surface area contributed by atoms with Crippen molar-refractivity contribution < 1.29 is 4.74 Å². The Kier molecular flexibility index (Phi) is 4.87. The topological polar surface area (TPSA) is 38.5 Å². The second kappa shape index (κ2) is 6.22. The maximum Gasteiger partial charge on any atom is 0.0856 e. The summed E-state index contributed by atoms with van der Waals surface area (Å²) < 4.78 is 5.71. The van der Waals surface area contributed by atoms with Gasteiger partial charge in [-0.05, 0) is 31.2 Å². The number of benzene rings is 1. The zero-order chi connectivity index (χ0) is 13.1. The van der Waals surface area contributed by atoms with E-state index >= 15 is 0 Å². The van der Waals surface area contributed by atoms with E-state index in [9.17, 15) is 0 Å². The number of hydrogen-bond acceptors (Lipinski definition) is 3. The first-order valence-electron chi connectivity index (χ1n) is 6.06. The Balaban J connectivity index is 2.04. The first-order valence-corrected chi connectivity index (χ1v) is 6.82. The molecule has 1 aromatic carbocycles. The zero-order valence-electron chi connectivity index (χ0n) is 10.4. The van der Waals surface area contributed by atoms with Gasteiger partial charge in [-0.25, -0.2) is 0 Å². The summed E-state index contributed by atoms with van der Waals surface area (Å²) in [5.74, 6) is 0. The summed E-state index contributed by atoms with van der Waals surface area (Å²) in [5.41, 5.74) is 7.12. The van der Waals surface area contributed by atoms with Crippen molar-refractivity contribution in [3.63, 3.8) is 0 Å². The van der Waals surface area contributed by atoms with Gasteiger partial charge in [-0.3, -0.25) is 0 Å². The summed E-state index contributed by atoms with van der Waals surface area (Å²) in [4.78, 5) is 2.22. The maximum absolute atomic E-state index is 6.21. The minimum absolute atomic E-state index is 0.0380. The maximum atomic E-state index is 6.21. The van der Waals surface area contributed by atoms with Crippen LogP contribution in [0.1, 0.15) is 5.56 Å². The fraction of sp³-hybridized carbons (Fsp3) is 0.538. The molecule has 18 heavy (non-hydrogen) atoms. The third kappa shape index (κ3) is 3.37. The first-order chi connectivity index (χ1) is 8.58. The third-order valence-electron chi connectivity index (χ3n) is 3.28. The van der Waals surface area contributed by atoms with E-state index in [4.69, 9.17) is 33.7 Å². The quantitative estimate of drug-likeness (QED) is 0.927. The highest BCUT2D eigenvalue weighted by atomic mass is 35.5. The van der Waals surface area contributed by atoms with Crippen molar-refractivity contribution in [1.29, 1.82) is 0 Å². The van der Waals surface area contributed by atoms with E-state index in [2.05, 4.69) is 11.9 Å². The predicted octanol–water partition coefficient (Wildman–Crippen LogP) is 2.19. The van der Waals surface area contributed by atoms with Gasteiger partial charge in [0.2, 0.25) is 0 Å². The molecule has 0 amide bonds. The van der Waals surface area contributed by atoms with Gasteiger partial charge in [-0.15, -0.1) is 0 Å². The van der Waals surface area contributed by atoms with Crippen LogP contribution in [0.4, 0.5) is 0 Å². The Hall–Kier alpha value is -0.320. The molecule has 1 aromatic rings. The Labute approximate surface area is 118 Å². The minimum atomic E-state index is -0.0925. The van der Waals surface area contributed by atoms with Crippen molar-refractivity contribution in [2.24, 2.45) is 5.73 Å². The van der Waals surface area contributed by atoms with Crippen molar-refractivity contribution in [3.8, 4) is 0 Å². The molecule has 2 N–H and O–H groups in total. The highest BCUT2D eigenvalue weighted by Crippen LogP contribution is 2.26. The third-order valence-corrected chi connectivity index (χ3v) is 3.98. The van der Waals surface area contributed by atoms with Crippen molar-refractivity contribution in [2.75, 3.05) is 26.7 Å². The van der Waals surface area contributed by atoms with Gasteiger partial charge < -0.3 is 15.4 Å². The normalized spacial score (nSPS) is 23.0. The molecule has 5 heteroatoms. The van der Waals surface area contributed by atoms with Crippen molar-refractivity contribution >= 4 is 23.2 Å². The van der Waals surface area contributed by atoms with Crippen LogP contribution in [0, 0.1) is 0 Å². The predicted molar refractivity (Wildman–Crippen MR) is 75.4 cm³/mol. The number of rotatable bonds is 3. The highest BCUT2D eigenvalue weighted by Gasteiger charge is 2.25. The van der Waals surface area contributed by atoms with Gasteiger partial charge in [0, 0.05) is 29.2 Å². The van der Waals surface area contributed by atoms with Crippen molar-refractivity contribution in [3.05, 3.63) is 33.8 Å². The summed E-state index contributed by atoms with van der Waals surface area (Å²) in [7, 11) is 2.07. The zero-order valence-corrected chi connectivity index (χ0v) is 11.9. The van der Waals surface area contributed by atoms with E-state index in [1.165, 1.54) is 0 Å². The number of ether oxygens (including phenoxy) is 1. The Morgan fingerprint density at radius 2 is 2.11 bits per heavy atom. The van der Waals surface area contributed by atoms with Crippen LogP contribution in [0.2, 0.25) is 10.0 Å². The number of nitrogens with two attached hydrogens (primary N) is 1. The molecule has 1 aliphatic rings. The molecule has 2 unspecified atom stereocenters. The molecule has 1 heterocycles. The van der Waals surface area contributed by atoms with E-state index in [0.717, 1.165) is 25.3 Å². The number of halogens is 2. The molecule has 2 atom stereocenters. The second-order valence-electron chi connectivity index (χ2n) is 4.74. The SMILES string of the molecule is CN1CCOC(C(N)Cc2c(Cl)cccc2Cl)C1. The van der Waals surface area contributed by atoms with Gasteiger partial charge in [-0.2, -0.15) is 0 Å². The van der Waals surface area contributed by atoms with E-state index in [1.807, 2.05) is 18.2 Å². The molecule has 0 aromatic heterocycles. The minimum Gasteiger partial charge on any atom is -0.374 e. The smallest absolute Gasteiger partial charge is 0.0856 e. The van der Waals surface area contributed by atoms with Crippen LogP contribution in [-0.4, -0.2) is 43.8 Å². The summed E-state index contributed by atoms with van der Waals surface area (Å²) >= 11 is 12.3. The van der Waals surface area contributed by atoms with Gasteiger partial charge in [-0.1, -0.05) is 29.3 Å². The van der Waals surface area contributed by atoms with Crippen molar-refractivity contribution in [1.82, 2.24) is 4.90 Å². The lowest BCUT2D eigenvalue weighted by molar-refractivity contribution is -0.0319. The molecular formula is C13H18Cl2N2O. The fourth-order valence-corrected chi connectivity index (χ4v) is 2.72. The first kappa shape index (κ1) is 14.1. The Morgan fingerprint density at radius 1 is 1.44 bits per heavy atom. The molecule has 0 spiro atoms. The van der Waals surface area contributed by atoms with Gasteiger partial charge in [0.1, 0.15) is 0 Å². The number of hydrogen-bond donors (Lipinski definition) is 1. The van der Waals surface area contributed by atoms with E-state index < -0.39 is 0 Å². The van der Waals surface area contributed by atoms with E-state index in [1.54, 1.807) is 0 Å². The van der Waals surface area contributed by atoms with Crippen molar-refractivity contribution in [2.45, 2.75) is 18.6 Å². The highest BCUT2D eigenvalue weighted by molar-refractivity contribution is 6.36. The summed E-state index contributed by atoms with van der Waals surface area (Å²) in [6.07, 6.45) is 0.674. The molecule has 100 valence electrons. The standard InChI is InChI=1S/C13H18Cl2N2O/c1-17-5-6-18-13(8-17)12(16)7-9-10(14)3-2-4-11(9)15/h2-4,12-13H,5-8,16H2,1H3. The summed E-state index contributed by atoms with van der Waals surface area (Å²) in [6.45, 7) is 2.53. The Bertz CT molecular complexity index is 394. The molecule has 0 aliphatic carbocycles. The van der Waals surface area contributed by atoms with Crippen LogP contribution >= 0.6 is 23.2 Å². The van der Waals surface area contributed by atoms with Crippen LogP contribution in [0.3, 0.4) is 0 Å². The lowest BCUT2D eigenvalue weighted by Gasteiger charge is -2.33. The molecular weight excluding hydrogens is 271 g/mol. The van der Waals surface area contributed by atoms with Gasteiger partial charge >= 0.3 is 0 Å². The Morgan fingerprint density at radius 3 is 2.72 bits per heavy atom. The molecule has 0 bridgehead atoms. The van der Waals surface area contributed by atoms with Crippen LogP contribution in [0.5, 0.6) is 0 Å². The number of nitrogens with zero attached hydrogens (tertiary/aromatic N) is 1. The molecule has 1 aliphatic heterocycles. The average Bonchev–Trinajstić information content (AvgIpc) is 2.34. The number of morpholine rings is 1. The van der Waals surface area contributed by atoms with Gasteiger partial charge in [0.25, 0.3) is 0 Å².